The molecule has 0 amide bonds. The van der Waals surface area contributed by atoms with Gasteiger partial charge in [-0.25, -0.2) is 0 Å². The Morgan fingerprint density at radius 3 is 3.05 bits per heavy atom. The molecule has 0 saturated heterocycles. The van der Waals surface area contributed by atoms with Gasteiger partial charge in [-0.3, -0.25) is 4.98 Å². The summed E-state index contributed by atoms with van der Waals surface area (Å²) in [5.74, 6) is -0.000691. The number of nitrogens with two attached hydrogens (primary N) is 1. The van der Waals surface area contributed by atoms with Crippen LogP contribution in [0.25, 0.3) is 0 Å². The number of aliphatic hydroxyl groups excluding tert-OH is 1. The lowest BCUT2D eigenvalue weighted by atomic mass is 10.2. The van der Waals surface area contributed by atoms with E-state index in [2.05, 4.69) is 15.5 Å². The highest BCUT2D eigenvalue weighted by molar-refractivity contribution is 5.95. The summed E-state index contributed by atoms with van der Waals surface area (Å²) in [6.45, 7) is 2.55. The van der Waals surface area contributed by atoms with Crippen LogP contribution in [0.3, 0.4) is 0 Å². The van der Waals surface area contributed by atoms with E-state index in [1.807, 2.05) is 6.07 Å². The van der Waals surface area contributed by atoms with Crippen LogP contribution in [-0.2, 0) is 11.3 Å². The number of ether oxygens (including phenoxy) is 1. The van der Waals surface area contributed by atoms with Crippen LogP contribution in [0.5, 0.6) is 0 Å². The highest BCUT2D eigenvalue weighted by Crippen LogP contribution is 2.01. The third kappa shape index (κ3) is 6.14. The molecule has 106 valence electrons. The molecule has 0 radical (unpaired) electrons. The van der Waals surface area contributed by atoms with Gasteiger partial charge in [0.05, 0.1) is 13.2 Å². The smallest absolute Gasteiger partial charge is 0.188 e. The van der Waals surface area contributed by atoms with E-state index >= 15 is 0 Å². The van der Waals surface area contributed by atoms with E-state index in [0.717, 1.165) is 18.5 Å². The predicted molar refractivity (Wildman–Crippen MR) is 71.0 cm³/mol. The number of pyridine rings is 1. The Bertz CT molecular complexity index is 398. The van der Waals surface area contributed by atoms with Crippen molar-refractivity contribution in [3.63, 3.8) is 0 Å². The number of nitrogens with one attached hydrogen (secondary N) is 1. The molecule has 1 aromatic rings. The van der Waals surface area contributed by atoms with E-state index in [4.69, 9.17) is 20.8 Å². The van der Waals surface area contributed by atoms with Gasteiger partial charge in [-0.05, 0) is 30.7 Å². The summed E-state index contributed by atoms with van der Waals surface area (Å²) in [5.41, 5.74) is 6.93. The van der Waals surface area contributed by atoms with Gasteiger partial charge in [0.25, 0.3) is 0 Å². The average molecular weight is 268 g/mol. The lowest BCUT2D eigenvalue weighted by Gasteiger charge is -2.06. The number of hydrogen-bond donors (Lipinski definition) is 4. The van der Waals surface area contributed by atoms with Gasteiger partial charge in [-0.1, -0.05) is 5.16 Å². The molecule has 0 spiro atoms. The third-order valence-corrected chi connectivity index (χ3v) is 2.40. The molecule has 0 saturated carbocycles. The second-order valence-electron chi connectivity index (χ2n) is 3.90. The lowest BCUT2D eigenvalue weighted by Crippen LogP contribution is -2.18. The van der Waals surface area contributed by atoms with E-state index < -0.39 is 0 Å². The topological polar surface area (TPSA) is 113 Å². The predicted octanol–water partition coefficient (Wildman–Crippen LogP) is -0.335. The Morgan fingerprint density at radius 1 is 1.47 bits per heavy atom. The molecular weight excluding hydrogens is 248 g/mol. The zero-order valence-corrected chi connectivity index (χ0v) is 10.7. The number of amidine groups is 1. The first kappa shape index (κ1) is 15.4. The van der Waals surface area contributed by atoms with E-state index in [1.165, 1.54) is 0 Å². The van der Waals surface area contributed by atoms with Crippen LogP contribution in [0.15, 0.2) is 23.5 Å². The molecule has 0 fully saturated rings. The zero-order valence-electron chi connectivity index (χ0n) is 10.7. The summed E-state index contributed by atoms with van der Waals surface area (Å²) in [6.07, 6.45) is 2.49. The SMILES string of the molecule is N/C(=N/O)c1cc(CNCCCOCCO)ccn1. The van der Waals surface area contributed by atoms with Crippen LogP contribution in [0, 0.1) is 0 Å². The normalized spacial score (nSPS) is 11.7. The molecule has 0 aliphatic carbocycles. The summed E-state index contributed by atoms with van der Waals surface area (Å²) < 4.78 is 5.14. The molecule has 0 aliphatic heterocycles. The van der Waals surface area contributed by atoms with Gasteiger partial charge in [0, 0.05) is 19.3 Å². The molecule has 5 N–H and O–H groups in total. The number of hydrogen-bond acceptors (Lipinski definition) is 6. The van der Waals surface area contributed by atoms with Crippen LogP contribution in [-0.4, -0.2) is 47.5 Å². The molecule has 1 aromatic heterocycles. The second kappa shape index (κ2) is 9.26. The molecule has 0 unspecified atom stereocenters. The van der Waals surface area contributed by atoms with Crippen LogP contribution < -0.4 is 11.1 Å². The molecule has 7 nitrogen and oxygen atoms in total. The Balaban J connectivity index is 2.26. The maximum atomic E-state index is 8.57. The van der Waals surface area contributed by atoms with Crippen molar-refractivity contribution in [3.05, 3.63) is 29.6 Å². The summed E-state index contributed by atoms with van der Waals surface area (Å²) >= 11 is 0. The van der Waals surface area contributed by atoms with Crippen molar-refractivity contribution < 1.29 is 15.1 Å². The Morgan fingerprint density at radius 2 is 2.32 bits per heavy atom. The average Bonchev–Trinajstić information content (AvgIpc) is 2.46. The number of aromatic nitrogens is 1. The summed E-state index contributed by atoms with van der Waals surface area (Å²) in [7, 11) is 0. The van der Waals surface area contributed by atoms with Crippen molar-refractivity contribution in [2.45, 2.75) is 13.0 Å². The summed E-state index contributed by atoms with van der Waals surface area (Å²) in [6, 6.07) is 3.63. The molecule has 0 aliphatic rings. The molecule has 19 heavy (non-hydrogen) atoms. The highest BCUT2D eigenvalue weighted by Gasteiger charge is 2.01. The maximum Gasteiger partial charge on any atom is 0.188 e. The van der Waals surface area contributed by atoms with Crippen LogP contribution >= 0.6 is 0 Å². The first-order valence-corrected chi connectivity index (χ1v) is 6.10. The highest BCUT2D eigenvalue weighted by atomic mass is 16.5. The van der Waals surface area contributed by atoms with Gasteiger partial charge < -0.3 is 26.1 Å². The fraction of sp³-hybridized carbons (Fsp3) is 0.500. The molecule has 1 heterocycles. The van der Waals surface area contributed by atoms with Gasteiger partial charge in [-0.15, -0.1) is 0 Å². The Hall–Kier alpha value is -1.70. The van der Waals surface area contributed by atoms with Crippen molar-refractivity contribution in [2.75, 3.05) is 26.4 Å². The van der Waals surface area contributed by atoms with E-state index in [-0.39, 0.29) is 12.4 Å². The summed E-state index contributed by atoms with van der Waals surface area (Å²) in [5, 5.41) is 23.3. The van der Waals surface area contributed by atoms with Crippen molar-refractivity contribution in [1.82, 2.24) is 10.3 Å². The molecule has 0 atom stereocenters. The Labute approximate surface area is 112 Å². The van der Waals surface area contributed by atoms with E-state index in [0.29, 0.717) is 25.5 Å². The van der Waals surface area contributed by atoms with E-state index in [1.54, 1.807) is 12.3 Å². The Kier molecular flexibility index (Phi) is 7.48. The van der Waals surface area contributed by atoms with Crippen molar-refractivity contribution in [1.29, 1.82) is 0 Å². The third-order valence-electron chi connectivity index (χ3n) is 2.40. The van der Waals surface area contributed by atoms with Gasteiger partial charge in [0.1, 0.15) is 5.69 Å². The molecular formula is C12H20N4O3. The van der Waals surface area contributed by atoms with Gasteiger partial charge in [0.15, 0.2) is 5.84 Å². The monoisotopic (exact) mass is 268 g/mol. The quantitative estimate of drug-likeness (QED) is 0.160. The first-order chi connectivity index (χ1) is 9.27. The second-order valence-corrected chi connectivity index (χ2v) is 3.90. The van der Waals surface area contributed by atoms with Crippen molar-refractivity contribution in [3.8, 4) is 0 Å². The van der Waals surface area contributed by atoms with Gasteiger partial charge in [-0.2, -0.15) is 0 Å². The minimum atomic E-state index is -0.000691. The lowest BCUT2D eigenvalue weighted by molar-refractivity contribution is 0.0907. The maximum absolute atomic E-state index is 8.57. The zero-order chi connectivity index (χ0) is 13.9. The molecule has 1 rings (SSSR count). The van der Waals surface area contributed by atoms with Crippen molar-refractivity contribution in [2.24, 2.45) is 10.9 Å². The fourth-order valence-electron chi connectivity index (χ4n) is 1.47. The van der Waals surface area contributed by atoms with Gasteiger partial charge >= 0.3 is 0 Å². The van der Waals surface area contributed by atoms with E-state index in [9.17, 15) is 0 Å². The number of oxime groups is 1. The number of aliphatic hydroxyl groups is 1. The fourth-order valence-corrected chi connectivity index (χ4v) is 1.47. The minimum Gasteiger partial charge on any atom is -0.409 e. The first-order valence-electron chi connectivity index (χ1n) is 6.10. The number of rotatable bonds is 9. The molecule has 0 bridgehead atoms. The molecule has 0 aromatic carbocycles. The number of nitrogens with zero attached hydrogens (tertiary/aromatic N) is 2. The van der Waals surface area contributed by atoms with Crippen LogP contribution in [0.2, 0.25) is 0 Å². The van der Waals surface area contributed by atoms with Crippen LogP contribution in [0.1, 0.15) is 17.7 Å². The summed E-state index contributed by atoms with van der Waals surface area (Å²) in [4.78, 5) is 4.00. The van der Waals surface area contributed by atoms with Crippen LogP contribution in [0.4, 0.5) is 0 Å². The van der Waals surface area contributed by atoms with Gasteiger partial charge in [0.2, 0.25) is 0 Å². The minimum absolute atomic E-state index is 0.000691. The largest absolute Gasteiger partial charge is 0.409 e. The standard InChI is InChI=1S/C12H20N4O3/c13-12(16-18)11-8-10(2-4-15-11)9-14-3-1-6-19-7-5-17/h2,4,8,14,17-18H,1,3,5-7,9H2,(H2,13,16). The molecule has 7 heteroatoms. The van der Waals surface area contributed by atoms with Crippen molar-refractivity contribution >= 4 is 5.84 Å².